The topological polar surface area (TPSA) is 105 Å². The minimum absolute atomic E-state index is 0.0421. The number of sulfonamides is 1. The Morgan fingerprint density at radius 2 is 1.45 bits per heavy atom. The summed E-state index contributed by atoms with van der Waals surface area (Å²) in [5.41, 5.74) is 2.81. The van der Waals surface area contributed by atoms with E-state index in [-0.39, 0.29) is 10.8 Å². The SMILES string of the molecule is CCOc1ccc(NC(=S)Nc2ccc(S(=O)(=O)Nc3nc(C)cc(C)n3)cc2)cc1. The van der Waals surface area contributed by atoms with Crippen molar-refractivity contribution in [1.29, 1.82) is 0 Å². The van der Waals surface area contributed by atoms with Gasteiger partial charge in [-0.25, -0.2) is 23.1 Å². The number of aryl methyl sites for hydroxylation is 2. The second kappa shape index (κ2) is 9.71. The Labute approximate surface area is 187 Å². The molecule has 0 aliphatic heterocycles. The molecule has 0 spiro atoms. The lowest BCUT2D eigenvalue weighted by molar-refractivity contribution is 0.340. The van der Waals surface area contributed by atoms with Crippen LogP contribution in [0.2, 0.25) is 0 Å². The van der Waals surface area contributed by atoms with Crippen molar-refractivity contribution in [1.82, 2.24) is 9.97 Å². The van der Waals surface area contributed by atoms with Crippen molar-refractivity contribution in [3.05, 3.63) is 66.0 Å². The van der Waals surface area contributed by atoms with Gasteiger partial charge in [-0.1, -0.05) is 0 Å². The third-order valence-corrected chi connectivity index (χ3v) is 5.60. The number of anilines is 3. The molecule has 8 nitrogen and oxygen atoms in total. The average Bonchev–Trinajstić information content (AvgIpc) is 2.69. The smallest absolute Gasteiger partial charge is 0.264 e. The van der Waals surface area contributed by atoms with Crippen LogP contribution in [0.4, 0.5) is 17.3 Å². The maximum Gasteiger partial charge on any atom is 0.264 e. The highest BCUT2D eigenvalue weighted by Gasteiger charge is 2.16. The van der Waals surface area contributed by atoms with Crippen molar-refractivity contribution in [2.45, 2.75) is 25.7 Å². The lowest BCUT2D eigenvalue weighted by Gasteiger charge is -2.12. The van der Waals surface area contributed by atoms with Crippen LogP contribution in [-0.4, -0.2) is 30.1 Å². The highest BCUT2D eigenvalue weighted by Crippen LogP contribution is 2.19. The lowest BCUT2D eigenvalue weighted by atomic mass is 10.3. The number of rotatable bonds is 7. The molecular formula is C21H23N5O3S2. The number of benzene rings is 2. The summed E-state index contributed by atoms with van der Waals surface area (Å²) >= 11 is 5.32. The summed E-state index contributed by atoms with van der Waals surface area (Å²) in [6.07, 6.45) is 0. The zero-order chi connectivity index (χ0) is 22.4. The molecule has 0 bridgehead atoms. The molecule has 0 saturated heterocycles. The Morgan fingerprint density at radius 3 is 1.97 bits per heavy atom. The van der Waals surface area contributed by atoms with E-state index in [1.54, 1.807) is 32.0 Å². The van der Waals surface area contributed by atoms with Crippen LogP contribution in [0, 0.1) is 13.8 Å². The molecule has 0 fully saturated rings. The van der Waals surface area contributed by atoms with Gasteiger partial charge in [0.15, 0.2) is 5.11 Å². The van der Waals surface area contributed by atoms with Crippen molar-refractivity contribution >= 4 is 44.7 Å². The molecule has 1 heterocycles. The number of hydrogen-bond acceptors (Lipinski definition) is 6. The van der Waals surface area contributed by atoms with E-state index < -0.39 is 10.0 Å². The van der Waals surface area contributed by atoms with Crippen molar-refractivity contribution in [3.8, 4) is 5.75 Å². The molecule has 0 unspecified atom stereocenters. The molecule has 0 amide bonds. The van der Waals surface area contributed by atoms with Gasteiger partial charge in [0.25, 0.3) is 10.0 Å². The summed E-state index contributed by atoms with van der Waals surface area (Å²) in [4.78, 5) is 8.31. The number of ether oxygens (including phenoxy) is 1. The van der Waals surface area contributed by atoms with Crippen LogP contribution >= 0.6 is 12.2 Å². The zero-order valence-electron chi connectivity index (χ0n) is 17.3. The van der Waals surface area contributed by atoms with Gasteiger partial charge in [0.05, 0.1) is 11.5 Å². The summed E-state index contributed by atoms with van der Waals surface area (Å²) in [5.74, 6) is 0.823. The van der Waals surface area contributed by atoms with Crippen molar-refractivity contribution in [2.75, 3.05) is 22.0 Å². The quantitative estimate of drug-likeness (QED) is 0.456. The van der Waals surface area contributed by atoms with Gasteiger partial charge in [-0.2, -0.15) is 0 Å². The standard InChI is InChI=1S/C21H23N5O3S2/c1-4-29-18-9-5-16(6-10-18)24-21(30)25-17-7-11-19(12-8-17)31(27,28)26-20-22-14(2)13-15(3)23-20/h5-13H,4H2,1-3H3,(H,22,23,26)(H2,24,25,30). The third kappa shape index (κ3) is 6.37. The third-order valence-electron chi connectivity index (χ3n) is 4.05. The van der Waals surface area contributed by atoms with Gasteiger partial charge >= 0.3 is 0 Å². The predicted molar refractivity (Wildman–Crippen MR) is 126 cm³/mol. The van der Waals surface area contributed by atoms with E-state index in [0.29, 0.717) is 28.8 Å². The van der Waals surface area contributed by atoms with Gasteiger partial charge in [0.1, 0.15) is 5.75 Å². The Hall–Kier alpha value is -3.24. The normalized spacial score (nSPS) is 10.9. The molecule has 0 aliphatic carbocycles. The molecule has 31 heavy (non-hydrogen) atoms. The Bertz CT molecular complexity index is 1140. The molecule has 162 valence electrons. The Balaban J connectivity index is 1.63. The van der Waals surface area contributed by atoms with E-state index in [1.807, 2.05) is 31.2 Å². The first-order valence-electron chi connectivity index (χ1n) is 9.51. The minimum atomic E-state index is -3.81. The lowest BCUT2D eigenvalue weighted by Crippen LogP contribution is -2.19. The maximum absolute atomic E-state index is 12.6. The van der Waals surface area contributed by atoms with E-state index in [2.05, 4.69) is 25.3 Å². The van der Waals surface area contributed by atoms with Crippen molar-refractivity contribution < 1.29 is 13.2 Å². The molecule has 1 aromatic heterocycles. The number of nitrogens with zero attached hydrogens (tertiary/aromatic N) is 2. The van der Waals surface area contributed by atoms with Gasteiger partial charge in [-0.3, -0.25) is 0 Å². The molecule has 0 radical (unpaired) electrons. The molecular weight excluding hydrogens is 434 g/mol. The van der Waals surface area contributed by atoms with E-state index >= 15 is 0 Å². The first-order chi connectivity index (χ1) is 14.7. The number of nitrogens with one attached hydrogen (secondary N) is 3. The van der Waals surface area contributed by atoms with Gasteiger partial charge in [0.2, 0.25) is 5.95 Å². The second-order valence-electron chi connectivity index (χ2n) is 6.64. The second-order valence-corrected chi connectivity index (χ2v) is 8.73. The molecule has 10 heteroatoms. The molecule has 2 aromatic carbocycles. The highest BCUT2D eigenvalue weighted by atomic mass is 32.2. The van der Waals surface area contributed by atoms with E-state index in [4.69, 9.17) is 17.0 Å². The number of hydrogen-bond donors (Lipinski definition) is 3. The summed E-state index contributed by atoms with van der Waals surface area (Å²) in [6, 6.07) is 15.4. The van der Waals surface area contributed by atoms with Gasteiger partial charge in [0, 0.05) is 22.8 Å². The fourth-order valence-corrected chi connectivity index (χ4v) is 3.94. The summed E-state index contributed by atoms with van der Waals surface area (Å²) in [5, 5.41) is 6.46. The fourth-order valence-electron chi connectivity index (χ4n) is 2.76. The van der Waals surface area contributed by atoms with E-state index in [0.717, 1.165) is 11.4 Å². The van der Waals surface area contributed by atoms with Crippen molar-refractivity contribution in [2.24, 2.45) is 0 Å². The Kier molecular flexibility index (Phi) is 7.03. The van der Waals surface area contributed by atoms with Crippen LogP contribution in [-0.2, 0) is 10.0 Å². The van der Waals surface area contributed by atoms with Crippen LogP contribution in [0.1, 0.15) is 18.3 Å². The average molecular weight is 458 g/mol. The summed E-state index contributed by atoms with van der Waals surface area (Å²) < 4.78 is 33.0. The van der Waals surface area contributed by atoms with Gasteiger partial charge in [-0.15, -0.1) is 0 Å². The first kappa shape index (κ1) is 22.4. The maximum atomic E-state index is 12.6. The van der Waals surface area contributed by atoms with Crippen molar-refractivity contribution in [3.63, 3.8) is 0 Å². The van der Waals surface area contributed by atoms with Crippen LogP contribution in [0.3, 0.4) is 0 Å². The molecule has 3 N–H and O–H groups in total. The predicted octanol–water partition coefficient (Wildman–Crippen LogP) is 4.10. The minimum Gasteiger partial charge on any atom is -0.494 e. The molecule has 0 aliphatic rings. The van der Waals surface area contributed by atoms with Crippen LogP contribution in [0.15, 0.2) is 59.5 Å². The fraction of sp³-hybridized carbons (Fsp3) is 0.190. The Morgan fingerprint density at radius 1 is 0.935 bits per heavy atom. The first-order valence-corrected chi connectivity index (χ1v) is 11.4. The molecule has 3 rings (SSSR count). The van der Waals surface area contributed by atoms with Gasteiger partial charge in [-0.05, 0) is 87.6 Å². The highest BCUT2D eigenvalue weighted by molar-refractivity contribution is 7.92. The molecule has 3 aromatic rings. The van der Waals surface area contributed by atoms with Crippen LogP contribution < -0.4 is 20.1 Å². The van der Waals surface area contributed by atoms with Crippen LogP contribution in [0.5, 0.6) is 5.75 Å². The summed E-state index contributed by atoms with van der Waals surface area (Å²) in [7, 11) is -3.81. The number of thiocarbonyl (C=S) groups is 1. The number of aromatic nitrogens is 2. The largest absolute Gasteiger partial charge is 0.494 e. The molecule has 0 saturated carbocycles. The van der Waals surface area contributed by atoms with E-state index in [9.17, 15) is 8.42 Å². The van der Waals surface area contributed by atoms with Gasteiger partial charge < -0.3 is 15.4 Å². The summed E-state index contributed by atoms with van der Waals surface area (Å²) in [6.45, 7) is 6.08. The van der Waals surface area contributed by atoms with Crippen LogP contribution in [0.25, 0.3) is 0 Å². The molecule has 0 atom stereocenters. The monoisotopic (exact) mass is 457 g/mol. The van der Waals surface area contributed by atoms with E-state index in [1.165, 1.54) is 12.1 Å². The zero-order valence-corrected chi connectivity index (χ0v) is 19.0.